The van der Waals surface area contributed by atoms with Crippen LogP contribution in [-0.2, 0) is 22.2 Å². The van der Waals surface area contributed by atoms with Crippen LogP contribution in [0.3, 0.4) is 0 Å². The van der Waals surface area contributed by atoms with E-state index in [9.17, 15) is 0 Å². The van der Waals surface area contributed by atoms with E-state index in [4.69, 9.17) is 4.84 Å². The summed E-state index contributed by atoms with van der Waals surface area (Å²) >= 11 is 0. The molecule has 1 heterocycles. The molecule has 0 saturated carbocycles. The van der Waals surface area contributed by atoms with Crippen LogP contribution in [0.2, 0.25) is 0 Å². The maximum absolute atomic E-state index is 5.21. The third kappa shape index (κ3) is 4.13. The second-order valence-corrected chi connectivity index (χ2v) is 3.91. The van der Waals surface area contributed by atoms with Gasteiger partial charge < -0.3 is 10.8 Å². The molecule has 1 fully saturated rings. The monoisotopic (exact) mass is 194 g/mol. The summed E-state index contributed by atoms with van der Waals surface area (Å²) in [5.41, 5.74) is 3.23. The Morgan fingerprint density at radius 2 is 2.09 bits per heavy atom. The Bertz CT molecular complexity index is 117. The maximum Gasteiger partial charge on any atom is 0.0707 e. The molecule has 0 bridgehead atoms. The first-order valence-electron chi connectivity index (χ1n) is 3.76. The Kier molecular flexibility index (Phi) is 4.66. The molecule has 1 aliphatic heterocycles. The molecule has 0 amide bonds. The third-order valence-corrected chi connectivity index (χ3v) is 1.72. The minimum atomic E-state index is 0. The van der Waals surface area contributed by atoms with Gasteiger partial charge in [0.25, 0.3) is 0 Å². The van der Waals surface area contributed by atoms with Crippen LogP contribution in [-0.4, -0.2) is 13.2 Å². The van der Waals surface area contributed by atoms with Gasteiger partial charge >= 0.3 is 0 Å². The molecule has 0 aromatic heterocycles. The zero-order valence-corrected chi connectivity index (χ0v) is 8.71. The van der Waals surface area contributed by atoms with Gasteiger partial charge in [-0.15, -0.1) is 6.54 Å². The average Bonchev–Trinajstić information content (AvgIpc) is 1.90. The van der Waals surface area contributed by atoms with E-state index in [1.165, 1.54) is 12.3 Å². The fraction of sp³-hybridized carbons (Fsp3) is 0.875. The van der Waals surface area contributed by atoms with Crippen LogP contribution in [0, 0.1) is 11.3 Å². The van der Waals surface area contributed by atoms with E-state index in [-0.39, 0.29) is 17.4 Å². The molecule has 0 aromatic carbocycles. The van der Waals surface area contributed by atoms with Gasteiger partial charge in [-0.25, -0.2) is 5.48 Å². The SMILES string of the molecule is C[C-]1CNOCC(C)(C)C1.[Cr]. The molecule has 0 radical (unpaired) electrons. The van der Waals surface area contributed by atoms with E-state index < -0.39 is 0 Å². The van der Waals surface area contributed by atoms with Gasteiger partial charge in [0, 0.05) is 17.4 Å². The van der Waals surface area contributed by atoms with Gasteiger partial charge in [-0.1, -0.05) is 13.8 Å². The van der Waals surface area contributed by atoms with Gasteiger partial charge in [0.05, 0.1) is 6.61 Å². The Hall–Kier alpha value is 0.452. The van der Waals surface area contributed by atoms with E-state index in [0.29, 0.717) is 5.41 Å². The average molecular weight is 194 g/mol. The van der Waals surface area contributed by atoms with Crippen LogP contribution in [0.5, 0.6) is 0 Å². The molecule has 0 spiro atoms. The van der Waals surface area contributed by atoms with Crippen molar-refractivity contribution in [2.75, 3.05) is 13.2 Å². The number of nitrogens with one attached hydrogen (secondary N) is 1. The second kappa shape index (κ2) is 4.47. The van der Waals surface area contributed by atoms with Crippen molar-refractivity contribution in [3.63, 3.8) is 0 Å². The van der Waals surface area contributed by atoms with Gasteiger partial charge in [-0.2, -0.15) is 13.3 Å². The first-order valence-corrected chi connectivity index (χ1v) is 3.76. The first-order chi connectivity index (χ1) is 4.60. The van der Waals surface area contributed by atoms with Crippen molar-refractivity contribution in [2.24, 2.45) is 5.41 Å². The summed E-state index contributed by atoms with van der Waals surface area (Å²) in [6, 6.07) is 0. The molecule has 66 valence electrons. The van der Waals surface area contributed by atoms with E-state index in [2.05, 4.69) is 26.3 Å². The van der Waals surface area contributed by atoms with E-state index in [1.54, 1.807) is 0 Å². The van der Waals surface area contributed by atoms with Gasteiger partial charge in [-0.05, 0) is 5.41 Å². The molecule has 3 heteroatoms. The standard InChI is InChI=1S/C8H16NO.Cr/c1-7-4-8(2,3)6-10-9-5-7;/h9H,4-6H2,1-3H3;/q-1;. The fourth-order valence-electron chi connectivity index (χ4n) is 1.35. The summed E-state index contributed by atoms with van der Waals surface area (Å²) in [6.45, 7) is 8.34. The molecule has 1 saturated heterocycles. The molecule has 2 nitrogen and oxygen atoms in total. The predicted molar refractivity (Wildman–Crippen MR) is 41.3 cm³/mol. The molecule has 0 atom stereocenters. The number of hydrogen-bond acceptors (Lipinski definition) is 2. The van der Waals surface area contributed by atoms with Gasteiger partial charge in [-0.3, -0.25) is 0 Å². The number of hydroxylamine groups is 1. The first kappa shape index (κ1) is 11.5. The van der Waals surface area contributed by atoms with Gasteiger partial charge in [0.15, 0.2) is 0 Å². The van der Waals surface area contributed by atoms with Crippen molar-refractivity contribution < 1.29 is 22.2 Å². The van der Waals surface area contributed by atoms with Crippen molar-refractivity contribution in [2.45, 2.75) is 27.2 Å². The minimum absolute atomic E-state index is 0. The molecular weight excluding hydrogens is 178 g/mol. The van der Waals surface area contributed by atoms with Crippen LogP contribution >= 0.6 is 0 Å². The van der Waals surface area contributed by atoms with Gasteiger partial charge in [0.2, 0.25) is 0 Å². The zero-order chi connectivity index (χ0) is 7.61. The Labute approximate surface area is 79.8 Å². The molecule has 1 aliphatic rings. The summed E-state index contributed by atoms with van der Waals surface area (Å²) in [5, 5.41) is 0. The third-order valence-electron chi connectivity index (χ3n) is 1.72. The largest absolute Gasteiger partial charge is 0.304 e. The van der Waals surface area contributed by atoms with Crippen molar-refractivity contribution >= 4 is 0 Å². The summed E-state index contributed by atoms with van der Waals surface area (Å²) < 4.78 is 0. The Morgan fingerprint density at radius 1 is 1.45 bits per heavy atom. The minimum Gasteiger partial charge on any atom is -0.304 e. The van der Waals surface area contributed by atoms with E-state index >= 15 is 0 Å². The Morgan fingerprint density at radius 3 is 2.73 bits per heavy atom. The molecule has 11 heavy (non-hydrogen) atoms. The zero-order valence-electron chi connectivity index (χ0n) is 7.44. The normalized spacial score (nSPS) is 25.4. The quantitative estimate of drug-likeness (QED) is 0.590. The van der Waals surface area contributed by atoms with Crippen molar-refractivity contribution in [1.82, 2.24) is 5.48 Å². The second-order valence-electron chi connectivity index (χ2n) is 3.91. The van der Waals surface area contributed by atoms with Crippen molar-refractivity contribution in [1.29, 1.82) is 0 Å². The summed E-state index contributed by atoms with van der Waals surface area (Å²) in [6.07, 6.45) is 1.17. The van der Waals surface area contributed by atoms with E-state index in [1.807, 2.05) is 0 Å². The predicted octanol–water partition coefficient (Wildman–Crippen LogP) is 1.53. The molecule has 1 rings (SSSR count). The van der Waals surface area contributed by atoms with Crippen LogP contribution in [0.25, 0.3) is 0 Å². The molecule has 0 unspecified atom stereocenters. The Balaban J connectivity index is 0.000001000. The van der Waals surface area contributed by atoms with Crippen molar-refractivity contribution in [3.8, 4) is 0 Å². The summed E-state index contributed by atoms with van der Waals surface area (Å²) in [4.78, 5) is 5.21. The summed E-state index contributed by atoms with van der Waals surface area (Å²) in [5.74, 6) is 1.47. The topological polar surface area (TPSA) is 21.3 Å². The molecular formula is C8H16CrNO-. The fourth-order valence-corrected chi connectivity index (χ4v) is 1.35. The summed E-state index contributed by atoms with van der Waals surface area (Å²) in [7, 11) is 0. The van der Waals surface area contributed by atoms with E-state index in [0.717, 1.165) is 13.2 Å². The molecule has 0 aromatic rings. The molecule has 1 N–H and O–H groups in total. The van der Waals surface area contributed by atoms with Crippen LogP contribution < -0.4 is 5.48 Å². The van der Waals surface area contributed by atoms with Crippen LogP contribution in [0.15, 0.2) is 0 Å². The van der Waals surface area contributed by atoms with Gasteiger partial charge in [0.1, 0.15) is 0 Å². The smallest absolute Gasteiger partial charge is 0.0707 e. The maximum atomic E-state index is 5.21. The number of hydrogen-bond donors (Lipinski definition) is 1. The number of rotatable bonds is 0. The van der Waals surface area contributed by atoms with Crippen LogP contribution in [0.4, 0.5) is 0 Å². The van der Waals surface area contributed by atoms with Crippen LogP contribution in [0.1, 0.15) is 27.2 Å². The van der Waals surface area contributed by atoms with Crippen molar-refractivity contribution in [3.05, 3.63) is 5.92 Å². The molecule has 0 aliphatic carbocycles.